The number of hydrogen-bond donors (Lipinski definition) is 1. The van der Waals surface area contributed by atoms with Crippen molar-refractivity contribution in [2.24, 2.45) is 5.73 Å². The number of thiocarbonyl (C=S) groups is 1. The zero-order valence-electron chi connectivity index (χ0n) is 6.14. The van der Waals surface area contributed by atoms with Crippen molar-refractivity contribution in [3.63, 3.8) is 0 Å². The first-order valence-electron chi connectivity index (χ1n) is 3.41. The highest BCUT2D eigenvalue weighted by molar-refractivity contribution is 9.07. The lowest BCUT2D eigenvalue weighted by Gasteiger charge is -2.12. The first kappa shape index (κ1) is 10.2. The number of hydrogen-bond acceptors (Lipinski definition) is 1. The van der Waals surface area contributed by atoms with Crippen LogP contribution >= 0.6 is 28.4 Å². The molecule has 0 saturated heterocycles. The molecule has 4 heteroatoms. The van der Waals surface area contributed by atoms with Crippen LogP contribution in [0.2, 0.25) is 0 Å². The molecule has 60 valence electrons. The molecule has 0 spiro atoms. The van der Waals surface area contributed by atoms with E-state index in [1.165, 1.54) is 12.8 Å². The summed E-state index contributed by atoms with van der Waals surface area (Å²) < 4.78 is 1.72. The van der Waals surface area contributed by atoms with Gasteiger partial charge in [-0.25, -0.2) is 0 Å². The summed E-state index contributed by atoms with van der Waals surface area (Å²) in [6.07, 6.45) is 3.59. The highest BCUT2D eigenvalue weighted by atomic mass is 79.9. The third-order valence-electron chi connectivity index (χ3n) is 1.20. The van der Waals surface area contributed by atoms with Crippen molar-refractivity contribution in [1.29, 1.82) is 0 Å². The number of halogens is 1. The Kier molecular flexibility index (Phi) is 6.02. The first-order valence-corrected chi connectivity index (χ1v) is 4.53. The second-order valence-corrected chi connectivity index (χ2v) is 3.41. The van der Waals surface area contributed by atoms with Crippen LogP contribution in [0.25, 0.3) is 0 Å². The Hall–Kier alpha value is 0.170. The Labute approximate surface area is 76.1 Å². The van der Waals surface area contributed by atoms with E-state index in [9.17, 15) is 0 Å². The average Bonchev–Trinajstić information content (AvgIpc) is 1.88. The van der Waals surface area contributed by atoms with Gasteiger partial charge in [-0.3, -0.25) is 3.93 Å². The second-order valence-electron chi connectivity index (χ2n) is 2.13. The normalized spacial score (nSPS) is 9.40. The molecule has 2 nitrogen and oxygen atoms in total. The summed E-state index contributed by atoms with van der Waals surface area (Å²) in [5.74, 6) is 0. The molecular weight excluding hydrogens is 212 g/mol. The van der Waals surface area contributed by atoms with Crippen molar-refractivity contribution in [2.45, 2.75) is 26.2 Å². The van der Waals surface area contributed by atoms with Gasteiger partial charge in [0.25, 0.3) is 0 Å². The van der Waals surface area contributed by atoms with Crippen molar-refractivity contribution in [3.05, 3.63) is 0 Å². The molecule has 0 saturated carbocycles. The van der Waals surface area contributed by atoms with Gasteiger partial charge in [0.05, 0.1) is 16.1 Å². The molecule has 0 bridgehead atoms. The highest BCUT2D eigenvalue weighted by Gasteiger charge is 1.98. The molecule has 0 fully saturated rings. The second kappa shape index (κ2) is 5.92. The maximum absolute atomic E-state index is 5.33. The van der Waals surface area contributed by atoms with E-state index < -0.39 is 0 Å². The van der Waals surface area contributed by atoms with Crippen LogP contribution in [0.4, 0.5) is 0 Å². The van der Waals surface area contributed by atoms with Gasteiger partial charge in [-0.1, -0.05) is 19.8 Å². The van der Waals surface area contributed by atoms with E-state index in [2.05, 4.69) is 23.1 Å². The van der Waals surface area contributed by atoms with Gasteiger partial charge in [-0.05, 0) is 18.6 Å². The van der Waals surface area contributed by atoms with Crippen LogP contribution in [0, 0.1) is 0 Å². The minimum atomic E-state index is 0.413. The minimum absolute atomic E-state index is 0.413. The number of rotatable bonds is 4. The van der Waals surface area contributed by atoms with E-state index in [-0.39, 0.29) is 0 Å². The van der Waals surface area contributed by atoms with E-state index >= 15 is 0 Å². The van der Waals surface area contributed by atoms with Gasteiger partial charge in [0.1, 0.15) is 0 Å². The fourth-order valence-corrected chi connectivity index (χ4v) is 0.953. The molecule has 0 aromatic heterocycles. The summed E-state index contributed by atoms with van der Waals surface area (Å²) in [4.78, 5) is 0. The van der Waals surface area contributed by atoms with E-state index in [0.717, 1.165) is 13.0 Å². The van der Waals surface area contributed by atoms with Gasteiger partial charge in [-0.2, -0.15) is 0 Å². The summed E-state index contributed by atoms with van der Waals surface area (Å²) in [6.45, 7) is 3.07. The van der Waals surface area contributed by atoms with E-state index in [0.29, 0.717) is 5.11 Å². The zero-order chi connectivity index (χ0) is 7.98. The predicted octanol–water partition coefficient (Wildman–Crippen LogP) is 2.03. The van der Waals surface area contributed by atoms with E-state index in [4.69, 9.17) is 18.0 Å². The van der Waals surface area contributed by atoms with Gasteiger partial charge in [0.15, 0.2) is 5.11 Å². The topological polar surface area (TPSA) is 29.3 Å². The quantitative estimate of drug-likeness (QED) is 0.451. The molecule has 0 aromatic rings. The van der Waals surface area contributed by atoms with Crippen molar-refractivity contribution in [3.8, 4) is 0 Å². The smallest absolute Gasteiger partial charge is 0.176 e. The molecular formula is C6H13BrN2S. The summed E-state index contributed by atoms with van der Waals surface area (Å²) in [5, 5.41) is 0.413. The molecule has 2 N–H and O–H groups in total. The maximum atomic E-state index is 5.33. The molecule has 10 heavy (non-hydrogen) atoms. The number of nitrogens with zero attached hydrogens (tertiary/aromatic N) is 1. The molecule has 0 amide bonds. The fourth-order valence-electron chi connectivity index (χ4n) is 0.611. The largest absolute Gasteiger partial charge is 0.375 e. The molecule has 0 unspecified atom stereocenters. The Bertz CT molecular complexity index is 108. The molecule has 0 heterocycles. The van der Waals surface area contributed by atoms with Crippen LogP contribution < -0.4 is 5.73 Å². The maximum Gasteiger partial charge on any atom is 0.176 e. The van der Waals surface area contributed by atoms with Gasteiger partial charge in [0, 0.05) is 6.54 Å². The average molecular weight is 225 g/mol. The Balaban J connectivity index is 3.21. The lowest BCUT2D eigenvalue weighted by atomic mass is 10.2. The number of nitrogens with two attached hydrogens (primary N) is 1. The third-order valence-corrected chi connectivity index (χ3v) is 2.39. The molecule has 0 rings (SSSR count). The summed E-state index contributed by atoms with van der Waals surface area (Å²) in [6, 6.07) is 0. The van der Waals surface area contributed by atoms with Crippen LogP contribution in [0.3, 0.4) is 0 Å². The van der Waals surface area contributed by atoms with Gasteiger partial charge >= 0.3 is 0 Å². The summed E-state index contributed by atoms with van der Waals surface area (Å²) in [7, 11) is 0. The van der Waals surface area contributed by atoms with Crippen molar-refractivity contribution < 1.29 is 0 Å². The predicted molar refractivity (Wildman–Crippen MR) is 51.9 cm³/mol. The molecule has 0 radical (unpaired) electrons. The molecule has 0 aliphatic carbocycles. The summed E-state index contributed by atoms with van der Waals surface area (Å²) >= 11 is 7.96. The van der Waals surface area contributed by atoms with Crippen molar-refractivity contribution in [1.82, 2.24) is 3.93 Å². The van der Waals surface area contributed by atoms with Gasteiger partial charge in [0.2, 0.25) is 0 Å². The third kappa shape index (κ3) is 4.99. The SMILES string of the molecule is CCCCCN(Br)C(N)=S. The van der Waals surface area contributed by atoms with Gasteiger partial charge < -0.3 is 5.73 Å². The summed E-state index contributed by atoms with van der Waals surface area (Å²) in [5.41, 5.74) is 5.33. The fraction of sp³-hybridized carbons (Fsp3) is 0.833. The van der Waals surface area contributed by atoms with Crippen molar-refractivity contribution in [2.75, 3.05) is 6.54 Å². The lowest BCUT2D eigenvalue weighted by molar-refractivity contribution is 0.607. The Morgan fingerprint density at radius 2 is 2.20 bits per heavy atom. The lowest BCUT2D eigenvalue weighted by Crippen LogP contribution is -2.27. The molecule has 0 aliphatic rings. The van der Waals surface area contributed by atoms with Gasteiger partial charge in [-0.15, -0.1) is 0 Å². The monoisotopic (exact) mass is 224 g/mol. The Morgan fingerprint density at radius 3 is 2.60 bits per heavy atom. The van der Waals surface area contributed by atoms with Crippen LogP contribution in [0.1, 0.15) is 26.2 Å². The van der Waals surface area contributed by atoms with Crippen molar-refractivity contribution >= 4 is 33.5 Å². The highest BCUT2D eigenvalue weighted by Crippen LogP contribution is 2.02. The van der Waals surface area contributed by atoms with Crippen LogP contribution in [-0.2, 0) is 0 Å². The van der Waals surface area contributed by atoms with Crippen LogP contribution in [-0.4, -0.2) is 15.6 Å². The first-order chi connectivity index (χ1) is 4.68. The van der Waals surface area contributed by atoms with E-state index in [1.54, 1.807) is 3.93 Å². The standard InChI is InChI=1S/C6H13BrN2S/c1-2-3-4-5-9(7)6(8)10/h2-5H2,1H3,(H2,8,10). The molecule has 0 atom stereocenters. The molecule has 0 aliphatic heterocycles. The molecule has 0 aromatic carbocycles. The Morgan fingerprint density at radius 1 is 1.60 bits per heavy atom. The van der Waals surface area contributed by atoms with Crippen LogP contribution in [0.15, 0.2) is 0 Å². The van der Waals surface area contributed by atoms with E-state index in [1.807, 2.05) is 0 Å². The minimum Gasteiger partial charge on any atom is -0.375 e. The van der Waals surface area contributed by atoms with Crippen LogP contribution in [0.5, 0.6) is 0 Å². The number of unbranched alkanes of at least 4 members (excludes halogenated alkanes) is 2. The zero-order valence-corrected chi connectivity index (χ0v) is 8.54.